The van der Waals surface area contributed by atoms with Crippen molar-refractivity contribution in [3.05, 3.63) is 12.7 Å². The minimum Gasteiger partial charge on any atom is -1.00 e. The summed E-state index contributed by atoms with van der Waals surface area (Å²) < 4.78 is 22.6. The fourth-order valence-corrected chi connectivity index (χ4v) is 0.820. The van der Waals surface area contributed by atoms with E-state index in [2.05, 4.69) is 11.3 Å². The fourth-order valence-electron chi connectivity index (χ4n) is 0.820. The Morgan fingerprint density at radius 1 is 1.57 bits per heavy atom. The molecule has 0 saturated heterocycles. The summed E-state index contributed by atoms with van der Waals surface area (Å²) in [6, 6.07) is 0. The van der Waals surface area contributed by atoms with Crippen molar-refractivity contribution >= 4 is 5.97 Å². The smallest absolute Gasteiger partial charge is 1.00 e. The second kappa shape index (κ2) is 9.65. The van der Waals surface area contributed by atoms with Crippen LogP contribution >= 0.6 is 0 Å². The van der Waals surface area contributed by atoms with Crippen molar-refractivity contribution in [3.63, 3.8) is 0 Å². The van der Waals surface area contributed by atoms with Crippen molar-refractivity contribution in [1.29, 1.82) is 0 Å². The predicted molar refractivity (Wildman–Crippen MR) is 48.3 cm³/mol. The van der Waals surface area contributed by atoms with Gasteiger partial charge in [0, 0.05) is 6.61 Å². The zero-order valence-electron chi connectivity index (χ0n) is 9.96. The minimum absolute atomic E-state index is 0. The number of carbonyl (C=O) groups excluding carboxylic acids is 1. The van der Waals surface area contributed by atoms with Crippen molar-refractivity contribution in [2.75, 3.05) is 13.2 Å². The van der Waals surface area contributed by atoms with Crippen LogP contribution in [0, 0.1) is 0 Å². The van der Waals surface area contributed by atoms with Gasteiger partial charge in [-0.05, 0) is 13.8 Å². The summed E-state index contributed by atoms with van der Waals surface area (Å²) in [5, 5.41) is 0. The molecule has 14 heavy (non-hydrogen) atoms. The molecule has 0 fully saturated rings. The Morgan fingerprint density at radius 3 is 2.50 bits per heavy atom. The van der Waals surface area contributed by atoms with Crippen molar-refractivity contribution < 1.29 is 49.6 Å². The monoisotopic (exact) mass is 214 g/mol. The van der Waals surface area contributed by atoms with Gasteiger partial charge in [-0.1, -0.05) is 6.08 Å². The van der Waals surface area contributed by atoms with Crippen LogP contribution in [-0.4, -0.2) is 31.5 Å². The van der Waals surface area contributed by atoms with Gasteiger partial charge in [0.05, 0.1) is 6.61 Å². The van der Waals surface area contributed by atoms with Gasteiger partial charge in [0.2, 0.25) is 6.17 Å². The standard InChI is InChI=1S/C9H15FO3.Na.H/c1-4-7(12-5-2)8(10)9(11)13-6-3;;/h4,7-8H,1,5-6H2,2-3H3;;/q;+1;-1. The third-order valence-electron chi connectivity index (χ3n) is 1.39. The molecule has 3 nitrogen and oxygen atoms in total. The van der Waals surface area contributed by atoms with Gasteiger partial charge in [0.15, 0.2) is 0 Å². The predicted octanol–water partition coefficient (Wildman–Crippen LogP) is -1.40. The maximum Gasteiger partial charge on any atom is 1.00 e. The first kappa shape index (κ1) is 16.5. The molecule has 0 heterocycles. The SMILES string of the molecule is C=CC(OCC)C(F)C(=O)OCC.[H-].[Na+]. The fraction of sp³-hybridized carbons (Fsp3) is 0.667. The molecule has 0 aromatic heterocycles. The molecular formula is C9H16FNaO3. The summed E-state index contributed by atoms with van der Waals surface area (Å²) in [5.74, 6) is -0.902. The minimum atomic E-state index is -1.78. The molecule has 2 unspecified atom stereocenters. The van der Waals surface area contributed by atoms with Crippen molar-refractivity contribution in [1.82, 2.24) is 0 Å². The second-order valence-electron chi connectivity index (χ2n) is 2.31. The molecular weight excluding hydrogens is 198 g/mol. The molecule has 0 saturated carbocycles. The molecule has 0 radical (unpaired) electrons. The van der Waals surface area contributed by atoms with E-state index in [0.29, 0.717) is 6.61 Å². The molecule has 0 N–H and O–H groups in total. The van der Waals surface area contributed by atoms with E-state index < -0.39 is 18.2 Å². The summed E-state index contributed by atoms with van der Waals surface area (Å²) in [5.41, 5.74) is 0. The second-order valence-corrected chi connectivity index (χ2v) is 2.31. The molecule has 0 aromatic carbocycles. The maximum atomic E-state index is 13.2. The maximum absolute atomic E-state index is 13.2. The number of hydrogen-bond donors (Lipinski definition) is 0. The molecule has 78 valence electrons. The van der Waals surface area contributed by atoms with Crippen LogP contribution in [0.3, 0.4) is 0 Å². The Labute approximate surface area is 107 Å². The molecule has 2 atom stereocenters. The number of esters is 1. The van der Waals surface area contributed by atoms with E-state index in [1.54, 1.807) is 13.8 Å². The first-order valence-corrected chi connectivity index (χ1v) is 4.22. The summed E-state index contributed by atoms with van der Waals surface area (Å²) in [4.78, 5) is 10.9. The first-order chi connectivity index (χ1) is 6.17. The molecule has 0 aliphatic carbocycles. The van der Waals surface area contributed by atoms with Gasteiger partial charge in [0.25, 0.3) is 0 Å². The van der Waals surface area contributed by atoms with E-state index in [1.165, 1.54) is 6.08 Å². The van der Waals surface area contributed by atoms with Crippen LogP contribution in [0.2, 0.25) is 0 Å². The molecule has 0 aromatic rings. The number of hydrogen-bond acceptors (Lipinski definition) is 3. The number of ether oxygens (including phenoxy) is 2. The average Bonchev–Trinajstić information content (AvgIpc) is 2.13. The molecule has 0 amide bonds. The Bertz CT molecular complexity index is 181. The zero-order valence-corrected chi connectivity index (χ0v) is 11.0. The molecule has 0 rings (SSSR count). The van der Waals surface area contributed by atoms with Gasteiger partial charge < -0.3 is 10.9 Å². The van der Waals surface area contributed by atoms with E-state index in [1.807, 2.05) is 0 Å². The topological polar surface area (TPSA) is 35.5 Å². The van der Waals surface area contributed by atoms with E-state index >= 15 is 0 Å². The zero-order chi connectivity index (χ0) is 10.3. The van der Waals surface area contributed by atoms with E-state index in [-0.39, 0.29) is 37.6 Å². The number of rotatable bonds is 6. The quantitative estimate of drug-likeness (QED) is 0.310. The molecule has 0 spiro atoms. The van der Waals surface area contributed by atoms with Crippen LogP contribution in [0.4, 0.5) is 4.39 Å². The van der Waals surface area contributed by atoms with Crippen molar-refractivity contribution in [2.45, 2.75) is 26.1 Å². The summed E-state index contributed by atoms with van der Waals surface area (Å²) >= 11 is 0. The number of alkyl halides is 1. The van der Waals surface area contributed by atoms with E-state index in [4.69, 9.17) is 4.74 Å². The molecule has 0 bridgehead atoms. The Balaban J connectivity index is -0.000000720. The van der Waals surface area contributed by atoms with Crippen molar-refractivity contribution in [2.24, 2.45) is 0 Å². The summed E-state index contributed by atoms with van der Waals surface area (Å²) in [6.45, 7) is 7.20. The van der Waals surface area contributed by atoms with Crippen LogP contribution in [-0.2, 0) is 14.3 Å². The Hall–Kier alpha value is 0.100. The Kier molecular flexibility index (Phi) is 11.4. The average molecular weight is 214 g/mol. The third kappa shape index (κ3) is 5.75. The molecule has 5 heteroatoms. The third-order valence-corrected chi connectivity index (χ3v) is 1.39. The van der Waals surface area contributed by atoms with Gasteiger partial charge >= 0.3 is 35.5 Å². The molecule has 0 aliphatic rings. The largest absolute Gasteiger partial charge is 1.00 e. The van der Waals surface area contributed by atoms with Crippen LogP contribution in [0.5, 0.6) is 0 Å². The summed E-state index contributed by atoms with van der Waals surface area (Å²) in [7, 11) is 0. The van der Waals surface area contributed by atoms with Crippen LogP contribution < -0.4 is 29.6 Å². The Morgan fingerprint density at radius 2 is 2.14 bits per heavy atom. The van der Waals surface area contributed by atoms with Crippen LogP contribution in [0.15, 0.2) is 12.7 Å². The van der Waals surface area contributed by atoms with Gasteiger partial charge in [-0.15, -0.1) is 6.58 Å². The van der Waals surface area contributed by atoms with Gasteiger partial charge in [-0.3, -0.25) is 0 Å². The van der Waals surface area contributed by atoms with Crippen LogP contribution in [0.25, 0.3) is 0 Å². The normalized spacial score (nSPS) is 13.6. The van der Waals surface area contributed by atoms with E-state index in [0.717, 1.165) is 0 Å². The number of halogens is 1. The van der Waals surface area contributed by atoms with E-state index in [9.17, 15) is 9.18 Å². The van der Waals surface area contributed by atoms with Crippen molar-refractivity contribution in [3.8, 4) is 0 Å². The van der Waals surface area contributed by atoms with Crippen LogP contribution in [0.1, 0.15) is 15.3 Å². The number of carbonyl (C=O) groups is 1. The van der Waals surface area contributed by atoms with Gasteiger partial charge in [-0.2, -0.15) is 0 Å². The van der Waals surface area contributed by atoms with Gasteiger partial charge in [0.1, 0.15) is 6.10 Å². The summed E-state index contributed by atoms with van der Waals surface area (Å²) in [6.07, 6.45) is -1.44. The van der Waals surface area contributed by atoms with Gasteiger partial charge in [-0.25, -0.2) is 9.18 Å². The molecule has 0 aliphatic heterocycles. The first-order valence-electron chi connectivity index (χ1n) is 4.22.